The van der Waals surface area contributed by atoms with Crippen LogP contribution in [0, 0.1) is 0 Å². The second kappa shape index (κ2) is 6.85. The van der Waals surface area contributed by atoms with Crippen LogP contribution >= 0.6 is 0 Å². The van der Waals surface area contributed by atoms with E-state index in [1.807, 2.05) is 0 Å². The molecule has 1 heterocycles. The Labute approximate surface area is 117 Å². The summed E-state index contributed by atoms with van der Waals surface area (Å²) in [6.07, 6.45) is -2.50. The molecule has 112 valence electrons. The molecule has 1 N–H and O–H groups in total. The van der Waals surface area contributed by atoms with E-state index in [4.69, 9.17) is 9.47 Å². The molecule has 1 aromatic carbocycles. The Bertz CT molecular complexity index is 415. The number of nitrogens with zero attached hydrogens (tertiary/aromatic N) is 1. The van der Waals surface area contributed by atoms with Crippen molar-refractivity contribution in [3.8, 4) is 11.5 Å². The van der Waals surface area contributed by atoms with E-state index in [2.05, 4.69) is 5.32 Å². The third-order valence-electron chi connectivity index (χ3n) is 3.55. The van der Waals surface area contributed by atoms with E-state index in [1.165, 1.54) is 14.2 Å². The van der Waals surface area contributed by atoms with Crippen molar-refractivity contribution >= 4 is 0 Å². The molecule has 1 aromatic rings. The minimum atomic E-state index is -2.50. The summed E-state index contributed by atoms with van der Waals surface area (Å²) < 4.78 is 37.8. The maximum absolute atomic E-state index is 13.6. The lowest BCUT2D eigenvalue weighted by molar-refractivity contribution is 0.0158. The quantitative estimate of drug-likeness (QED) is 0.896. The number of halogens is 2. The summed E-state index contributed by atoms with van der Waals surface area (Å²) in [5, 5.41) is 3.17. The van der Waals surface area contributed by atoms with Crippen molar-refractivity contribution in [1.29, 1.82) is 0 Å². The Morgan fingerprint density at radius 1 is 1.10 bits per heavy atom. The second-order valence-electron chi connectivity index (χ2n) is 4.64. The zero-order chi connectivity index (χ0) is 14.5. The maximum Gasteiger partial charge on any atom is 0.258 e. The van der Waals surface area contributed by atoms with Crippen LogP contribution in [-0.4, -0.2) is 51.7 Å². The molecule has 4 nitrogen and oxygen atoms in total. The van der Waals surface area contributed by atoms with Gasteiger partial charge in [0.2, 0.25) is 0 Å². The molecule has 2 rings (SSSR count). The van der Waals surface area contributed by atoms with E-state index in [0.717, 1.165) is 0 Å². The lowest BCUT2D eigenvalue weighted by Crippen LogP contribution is -2.47. The SMILES string of the molecule is COc1cccc(OC)c1[C@@H](C(F)F)N1CCNCC1. The molecule has 0 spiro atoms. The number of hydrogen-bond acceptors (Lipinski definition) is 4. The Morgan fingerprint density at radius 3 is 2.10 bits per heavy atom. The minimum absolute atomic E-state index is 0.425. The lowest BCUT2D eigenvalue weighted by Gasteiger charge is -2.35. The molecule has 1 saturated heterocycles. The summed E-state index contributed by atoms with van der Waals surface area (Å²) in [6, 6.07) is 4.11. The van der Waals surface area contributed by atoms with Gasteiger partial charge >= 0.3 is 0 Å². The predicted octanol–water partition coefficient (Wildman–Crippen LogP) is 1.92. The smallest absolute Gasteiger partial charge is 0.258 e. The molecular formula is C14H20F2N2O2. The Hall–Kier alpha value is -1.40. The number of ether oxygens (including phenoxy) is 2. The van der Waals surface area contributed by atoms with E-state index < -0.39 is 12.5 Å². The van der Waals surface area contributed by atoms with Crippen LogP contribution in [0.25, 0.3) is 0 Å². The third-order valence-corrected chi connectivity index (χ3v) is 3.55. The lowest BCUT2D eigenvalue weighted by atomic mass is 10.0. The van der Waals surface area contributed by atoms with Crippen molar-refractivity contribution in [3.63, 3.8) is 0 Å². The fraction of sp³-hybridized carbons (Fsp3) is 0.571. The molecule has 1 aliphatic heterocycles. The van der Waals surface area contributed by atoms with Crippen LogP contribution in [0.4, 0.5) is 8.78 Å². The Balaban J connectivity index is 2.42. The van der Waals surface area contributed by atoms with Crippen LogP contribution in [0.15, 0.2) is 18.2 Å². The van der Waals surface area contributed by atoms with Gasteiger partial charge in [-0.05, 0) is 12.1 Å². The summed E-state index contributed by atoms with van der Waals surface area (Å²) in [5.74, 6) is 0.876. The van der Waals surface area contributed by atoms with Crippen LogP contribution in [0.3, 0.4) is 0 Å². The minimum Gasteiger partial charge on any atom is -0.496 e. The topological polar surface area (TPSA) is 33.7 Å². The molecule has 0 aromatic heterocycles. The normalized spacial score (nSPS) is 18.1. The van der Waals surface area contributed by atoms with E-state index in [0.29, 0.717) is 43.2 Å². The zero-order valence-electron chi connectivity index (χ0n) is 11.7. The van der Waals surface area contributed by atoms with E-state index in [-0.39, 0.29) is 0 Å². The molecule has 0 amide bonds. The van der Waals surface area contributed by atoms with E-state index >= 15 is 0 Å². The van der Waals surface area contributed by atoms with Gasteiger partial charge in [0.15, 0.2) is 0 Å². The average molecular weight is 286 g/mol. The molecule has 1 atom stereocenters. The molecule has 0 unspecified atom stereocenters. The van der Waals surface area contributed by atoms with Crippen molar-refractivity contribution in [3.05, 3.63) is 23.8 Å². The molecule has 0 saturated carbocycles. The monoisotopic (exact) mass is 286 g/mol. The van der Waals surface area contributed by atoms with Gasteiger partial charge in [-0.2, -0.15) is 0 Å². The van der Waals surface area contributed by atoms with Crippen LogP contribution in [0.1, 0.15) is 11.6 Å². The van der Waals surface area contributed by atoms with Crippen molar-refractivity contribution < 1.29 is 18.3 Å². The predicted molar refractivity (Wildman–Crippen MR) is 72.7 cm³/mol. The number of nitrogens with one attached hydrogen (secondary N) is 1. The van der Waals surface area contributed by atoms with Crippen LogP contribution in [0.5, 0.6) is 11.5 Å². The molecule has 0 aliphatic carbocycles. The molecule has 0 radical (unpaired) electrons. The highest BCUT2D eigenvalue weighted by atomic mass is 19.3. The largest absolute Gasteiger partial charge is 0.496 e. The summed E-state index contributed by atoms with van der Waals surface area (Å²) >= 11 is 0. The molecule has 0 bridgehead atoms. The third kappa shape index (κ3) is 3.02. The maximum atomic E-state index is 13.6. The average Bonchev–Trinajstić information content (AvgIpc) is 2.48. The molecular weight excluding hydrogens is 266 g/mol. The fourth-order valence-corrected chi connectivity index (χ4v) is 2.60. The van der Waals surface area contributed by atoms with Crippen molar-refractivity contribution in [1.82, 2.24) is 10.2 Å². The van der Waals surface area contributed by atoms with E-state index in [1.54, 1.807) is 23.1 Å². The van der Waals surface area contributed by atoms with Gasteiger partial charge in [0.25, 0.3) is 6.43 Å². The standard InChI is InChI=1S/C14H20F2N2O2/c1-19-10-4-3-5-11(20-2)12(10)13(14(15)16)18-8-6-17-7-9-18/h3-5,13-14,17H,6-9H2,1-2H3/t13-/m0/s1. The van der Waals surface area contributed by atoms with Gasteiger partial charge in [-0.25, -0.2) is 8.78 Å². The van der Waals surface area contributed by atoms with E-state index in [9.17, 15) is 8.78 Å². The molecule has 1 aliphatic rings. The van der Waals surface area contributed by atoms with Crippen molar-refractivity contribution in [2.45, 2.75) is 12.5 Å². The Morgan fingerprint density at radius 2 is 1.65 bits per heavy atom. The van der Waals surface area contributed by atoms with Gasteiger partial charge < -0.3 is 14.8 Å². The number of hydrogen-bond donors (Lipinski definition) is 1. The summed E-state index contributed by atoms with van der Waals surface area (Å²) in [7, 11) is 2.97. The van der Waals surface area contributed by atoms with Gasteiger partial charge in [-0.1, -0.05) is 6.07 Å². The highest BCUT2D eigenvalue weighted by Gasteiger charge is 2.34. The Kier molecular flexibility index (Phi) is 5.14. The van der Waals surface area contributed by atoms with Gasteiger partial charge in [-0.3, -0.25) is 4.90 Å². The number of rotatable bonds is 5. The van der Waals surface area contributed by atoms with Gasteiger partial charge in [-0.15, -0.1) is 0 Å². The number of piperazine rings is 1. The number of alkyl halides is 2. The van der Waals surface area contributed by atoms with Gasteiger partial charge in [0, 0.05) is 26.2 Å². The number of methoxy groups -OCH3 is 2. The van der Waals surface area contributed by atoms with Crippen molar-refractivity contribution in [2.24, 2.45) is 0 Å². The van der Waals surface area contributed by atoms with Crippen LogP contribution < -0.4 is 14.8 Å². The second-order valence-corrected chi connectivity index (χ2v) is 4.64. The fourth-order valence-electron chi connectivity index (χ4n) is 2.60. The van der Waals surface area contributed by atoms with Crippen LogP contribution in [-0.2, 0) is 0 Å². The first kappa shape index (κ1) is 15.0. The van der Waals surface area contributed by atoms with Crippen molar-refractivity contribution in [2.75, 3.05) is 40.4 Å². The highest BCUT2D eigenvalue weighted by Crippen LogP contribution is 2.40. The number of benzene rings is 1. The molecule has 6 heteroatoms. The first-order valence-electron chi connectivity index (χ1n) is 6.62. The molecule has 20 heavy (non-hydrogen) atoms. The summed E-state index contributed by atoms with van der Waals surface area (Å²) in [6.45, 7) is 2.58. The van der Waals surface area contributed by atoms with Gasteiger partial charge in [0.1, 0.15) is 17.5 Å². The summed E-state index contributed by atoms with van der Waals surface area (Å²) in [4.78, 5) is 1.78. The van der Waals surface area contributed by atoms with Gasteiger partial charge in [0.05, 0.1) is 19.8 Å². The zero-order valence-corrected chi connectivity index (χ0v) is 11.7. The molecule has 1 fully saturated rings. The first-order valence-corrected chi connectivity index (χ1v) is 6.62. The first-order chi connectivity index (χ1) is 9.69. The van der Waals surface area contributed by atoms with Crippen LogP contribution in [0.2, 0.25) is 0 Å². The summed E-state index contributed by atoms with van der Waals surface area (Å²) in [5.41, 5.74) is 0.425. The highest BCUT2D eigenvalue weighted by molar-refractivity contribution is 5.47.